The smallest absolute Gasteiger partial charge is 0.258 e. The van der Waals surface area contributed by atoms with Crippen LogP contribution in [0.1, 0.15) is 89.3 Å². The second-order valence-corrected chi connectivity index (χ2v) is 11.6. The van der Waals surface area contributed by atoms with E-state index in [2.05, 4.69) is 49.6 Å². The van der Waals surface area contributed by atoms with Gasteiger partial charge in [0.25, 0.3) is 5.56 Å². The van der Waals surface area contributed by atoms with Crippen LogP contribution in [0.25, 0.3) is 11.3 Å². The Labute approximate surface area is 196 Å². The standard InChI is InChI=1S/C27H36N2O2S/c1-4-16-32-25-28-23-21-11-7-6-10-19(21)17-27(13-8-5-9-14-27)22(23)24(30)29(25)20-12-15-31-26(2,3)18-20/h6-7,10-11,20H,4-5,8-9,12-18H2,1-3H3. The maximum absolute atomic E-state index is 14.5. The lowest BCUT2D eigenvalue weighted by Crippen LogP contribution is -2.45. The molecule has 2 aliphatic carbocycles. The van der Waals surface area contributed by atoms with Crippen molar-refractivity contribution in [3.05, 3.63) is 45.7 Å². The van der Waals surface area contributed by atoms with Gasteiger partial charge in [-0.05, 0) is 57.9 Å². The highest BCUT2D eigenvalue weighted by atomic mass is 32.2. The van der Waals surface area contributed by atoms with Crippen LogP contribution in [-0.4, -0.2) is 27.5 Å². The monoisotopic (exact) mass is 452 g/mol. The molecule has 2 heterocycles. The van der Waals surface area contributed by atoms with E-state index >= 15 is 0 Å². The number of hydrogen-bond acceptors (Lipinski definition) is 4. The largest absolute Gasteiger partial charge is 0.375 e. The van der Waals surface area contributed by atoms with Crippen molar-refractivity contribution in [1.82, 2.24) is 9.55 Å². The normalized spacial score (nSPS) is 23.5. The molecule has 1 saturated carbocycles. The molecule has 0 radical (unpaired) electrons. The van der Waals surface area contributed by atoms with E-state index < -0.39 is 0 Å². The molecule has 1 aliphatic heterocycles. The summed E-state index contributed by atoms with van der Waals surface area (Å²) >= 11 is 1.75. The number of nitrogens with zero attached hydrogens (tertiary/aromatic N) is 2. The molecule has 172 valence electrons. The van der Waals surface area contributed by atoms with Gasteiger partial charge in [-0.15, -0.1) is 0 Å². The van der Waals surface area contributed by atoms with Gasteiger partial charge in [-0.25, -0.2) is 4.98 Å². The zero-order valence-electron chi connectivity index (χ0n) is 19.8. The Hall–Kier alpha value is -1.59. The molecule has 2 fully saturated rings. The molecular weight excluding hydrogens is 416 g/mol. The van der Waals surface area contributed by atoms with E-state index in [1.165, 1.54) is 30.4 Å². The lowest BCUT2D eigenvalue weighted by molar-refractivity contribution is -0.0710. The molecule has 1 aromatic heterocycles. The summed E-state index contributed by atoms with van der Waals surface area (Å²) in [6, 6.07) is 8.81. The quantitative estimate of drug-likeness (QED) is 0.403. The van der Waals surface area contributed by atoms with Crippen molar-refractivity contribution in [1.29, 1.82) is 0 Å². The fourth-order valence-corrected chi connectivity index (χ4v) is 7.15. The lowest BCUT2D eigenvalue weighted by atomic mass is 9.62. The molecule has 1 spiro atoms. The Morgan fingerprint density at radius 3 is 2.72 bits per heavy atom. The first-order valence-corrected chi connectivity index (χ1v) is 13.4. The second-order valence-electron chi connectivity index (χ2n) is 10.6. The van der Waals surface area contributed by atoms with Gasteiger partial charge in [0, 0.05) is 29.4 Å². The summed E-state index contributed by atoms with van der Waals surface area (Å²) in [7, 11) is 0. The van der Waals surface area contributed by atoms with Crippen molar-refractivity contribution in [2.75, 3.05) is 12.4 Å². The van der Waals surface area contributed by atoms with Gasteiger partial charge in [0.05, 0.1) is 16.9 Å². The van der Waals surface area contributed by atoms with Crippen molar-refractivity contribution in [2.45, 2.75) is 101 Å². The van der Waals surface area contributed by atoms with Crippen LogP contribution in [-0.2, 0) is 16.6 Å². The molecule has 3 aliphatic rings. The SMILES string of the molecule is CCCSc1nc2c(c(=O)n1C1CCOC(C)(C)C1)C1(CCCCC1)Cc1ccccc1-2. The number of hydrogen-bond donors (Lipinski definition) is 0. The average molecular weight is 453 g/mol. The third-order valence-corrected chi connectivity index (χ3v) is 8.86. The fraction of sp³-hybridized carbons (Fsp3) is 0.630. The zero-order valence-corrected chi connectivity index (χ0v) is 20.6. The van der Waals surface area contributed by atoms with Crippen LogP contribution in [0.5, 0.6) is 0 Å². The van der Waals surface area contributed by atoms with Crippen molar-refractivity contribution < 1.29 is 4.74 Å². The predicted molar refractivity (Wildman–Crippen MR) is 132 cm³/mol. The van der Waals surface area contributed by atoms with Gasteiger partial charge in [-0.2, -0.15) is 0 Å². The molecule has 1 saturated heterocycles. The fourth-order valence-electron chi connectivity index (χ4n) is 6.24. The number of aromatic nitrogens is 2. The minimum absolute atomic E-state index is 0.0532. The lowest BCUT2D eigenvalue weighted by Gasteiger charge is -2.43. The Balaban J connectivity index is 1.74. The molecule has 0 amide bonds. The first-order chi connectivity index (χ1) is 15.4. The van der Waals surface area contributed by atoms with E-state index in [1.807, 2.05) is 0 Å². The third-order valence-electron chi connectivity index (χ3n) is 7.70. The maximum Gasteiger partial charge on any atom is 0.258 e. The van der Waals surface area contributed by atoms with Crippen molar-refractivity contribution >= 4 is 11.8 Å². The van der Waals surface area contributed by atoms with E-state index in [0.29, 0.717) is 6.61 Å². The van der Waals surface area contributed by atoms with Crippen LogP contribution in [0.2, 0.25) is 0 Å². The van der Waals surface area contributed by atoms with Crippen molar-refractivity contribution in [3.63, 3.8) is 0 Å². The van der Waals surface area contributed by atoms with Gasteiger partial charge >= 0.3 is 0 Å². The van der Waals surface area contributed by atoms with Gasteiger partial charge in [0.15, 0.2) is 5.16 Å². The minimum atomic E-state index is -0.208. The van der Waals surface area contributed by atoms with Crippen LogP contribution >= 0.6 is 11.8 Å². The molecule has 4 nitrogen and oxygen atoms in total. The molecule has 1 atom stereocenters. The molecule has 5 heteroatoms. The number of rotatable bonds is 4. The molecule has 2 aromatic rings. The summed E-state index contributed by atoms with van der Waals surface area (Å²) in [5, 5.41) is 0.904. The van der Waals surface area contributed by atoms with Crippen LogP contribution in [0.4, 0.5) is 0 Å². The third kappa shape index (κ3) is 3.86. The number of benzene rings is 1. The summed E-state index contributed by atoms with van der Waals surface area (Å²) in [4.78, 5) is 19.8. The molecular formula is C27H36N2O2S. The van der Waals surface area contributed by atoms with Gasteiger partial charge in [0.2, 0.25) is 0 Å². The van der Waals surface area contributed by atoms with Crippen molar-refractivity contribution in [3.8, 4) is 11.3 Å². The van der Waals surface area contributed by atoms with E-state index in [9.17, 15) is 4.79 Å². The van der Waals surface area contributed by atoms with E-state index in [1.54, 1.807) is 11.8 Å². The van der Waals surface area contributed by atoms with Gasteiger partial charge in [0.1, 0.15) is 0 Å². The Kier molecular flexibility index (Phi) is 6.00. The van der Waals surface area contributed by atoms with E-state index in [4.69, 9.17) is 9.72 Å². The first-order valence-electron chi connectivity index (χ1n) is 12.5. The molecule has 5 rings (SSSR count). The van der Waals surface area contributed by atoms with Gasteiger partial charge < -0.3 is 4.74 Å². The summed E-state index contributed by atoms with van der Waals surface area (Å²) in [6.45, 7) is 7.19. The minimum Gasteiger partial charge on any atom is -0.375 e. The summed E-state index contributed by atoms with van der Waals surface area (Å²) in [5.74, 6) is 0.977. The molecule has 1 unspecified atom stereocenters. The zero-order chi connectivity index (χ0) is 22.3. The molecule has 0 bridgehead atoms. The second kappa shape index (κ2) is 8.64. The molecule has 0 N–H and O–H groups in total. The van der Waals surface area contributed by atoms with E-state index in [-0.39, 0.29) is 22.6 Å². The number of ether oxygens (including phenoxy) is 1. The van der Waals surface area contributed by atoms with Gasteiger partial charge in [-0.3, -0.25) is 9.36 Å². The van der Waals surface area contributed by atoms with Gasteiger partial charge in [-0.1, -0.05) is 62.2 Å². The van der Waals surface area contributed by atoms with Crippen LogP contribution in [0.3, 0.4) is 0 Å². The Morgan fingerprint density at radius 1 is 1.19 bits per heavy atom. The molecule has 32 heavy (non-hydrogen) atoms. The van der Waals surface area contributed by atoms with Crippen LogP contribution in [0.15, 0.2) is 34.2 Å². The maximum atomic E-state index is 14.5. The van der Waals surface area contributed by atoms with Crippen LogP contribution < -0.4 is 5.56 Å². The topological polar surface area (TPSA) is 44.1 Å². The Morgan fingerprint density at radius 2 is 1.97 bits per heavy atom. The summed E-state index contributed by atoms with van der Waals surface area (Å²) in [5.41, 5.74) is 4.50. The highest BCUT2D eigenvalue weighted by Crippen LogP contribution is 2.49. The Bertz CT molecular complexity index is 1050. The van der Waals surface area contributed by atoms with Crippen LogP contribution in [0, 0.1) is 0 Å². The van der Waals surface area contributed by atoms with Crippen molar-refractivity contribution in [2.24, 2.45) is 0 Å². The average Bonchev–Trinajstić information content (AvgIpc) is 2.77. The van der Waals surface area contributed by atoms with E-state index in [0.717, 1.165) is 60.7 Å². The summed E-state index contributed by atoms with van der Waals surface area (Å²) in [6.07, 6.45) is 9.68. The summed E-state index contributed by atoms with van der Waals surface area (Å²) < 4.78 is 8.10. The first kappa shape index (κ1) is 22.2. The number of fused-ring (bicyclic) bond motifs is 4. The number of thioether (sulfide) groups is 1. The highest BCUT2D eigenvalue weighted by Gasteiger charge is 2.44. The molecule has 1 aromatic carbocycles. The highest BCUT2D eigenvalue weighted by molar-refractivity contribution is 7.99. The predicted octanol–water partition coefficient (Wildman–Crippen LogP) is 6.30.